The number of aromatic hydroxyl groups is 1. The van der Waals surface area contributed by atoms with Crippen molar-refractivity contribution in [3.63, 3.8) is 0 Å². The lowest BCUT2D eigenvalue weighted by Crippen LogP contribution is -2.60. The molecule has 0 bridgehead atoms. The number of phenolic OH excluding ortho intramolecular Hbond substituents is 1. The molecule has 5 rings (SSSR count). The van der Waals surface area contributed by atoms with E-state index in [1.807, 2.05) is 13.0 Å². The Balaban J connectivity index is 1.74. The summed E-state index contributed by atoms with van der Waals surface area (Å²) in [6, 6.07) is 3.79. The van der Waals surface area contributed by atoms with Crippen LogP contribution in [0.25, 0.3) is 0 Å². The first-order chi connectivity index (χ1) is 12.2. The zero-order valence-corrected chi connectivity index (χ0v) is 16.4. The number of hydrogen-bond donors (Lipinski definition) is 1. The van der Waals surface area contributed by atoms with Crippen molar-refractivity contribution in [2.45, 2.75) is 77.7 Å². The smallest absolute Gasteiger partial charge is 0.141 e. The Hall–Kier alpha value is -1.51. The Morgan fingerprint density at radius 1 is 1.15 bits per heavy atom. The maximum Gasteiger partial charge on any atom is 0.141 e. The van der Waals surface area contributed by atoms with E-state index in [4.69, 9.17) is 4.74 Å². The van der Waals surface area contributed by atoms with Crippen LogP contribution in [-0.2, 0) is 4.79 Å². The monoisotopic (exact) mass is 354 g/mol. The Bertz CT molecular complexity index is 810. The molecule has 0 radical (unpaired) electrons. The van der Waals surface area contributed by atoms with Gasteiger partial charge in [0, 0.05) is 17.9 Å². The molecule has 1 heterocycles. The molecular weight excluding hydrogens is 324 g/mol. The zero-order valence-electron chi connectivity index (χ0n) is 16.4. The van der Waals surface area contributed by atoms with Gasteiger partial charge in [0.2, 0.25) is 0 Å². The van der Waals surface area contributed by atoms with Crippen LogP contribution in [0, 0.1) is 29.6 Å². The van der Waals surface area contributed by atoms with Crippen molar-refractivity contribution in [2.24, 2.45) is 22.7 Å². The molecule has 0 amide bonds. The Morgan fingerprint density at radius 2 is 1.92 bits per heavy atom. The maximum atomic E-state index is 13.4. The van der Waals surface area contributed by atoms with Gasteiger partial charge in [0.1, 0.15) is 22.9 Å². The summed E-state index contributed by atoms with van der Waals surface area (Å²) in [5.74, 6) is 1.89. The number of fused-ring (bicyclic) bond motifs is 2. The van der Waals surface area contributed by atoms with E-state index in [1.54, 1.807) is 6.07 Å². The highest BCUT2D eigenvalue weighted by molar-refractivity contribution is 5.92. The van der Waals surface area contributed by atoms with Crippen molar-refractivity contribution < 1.29 is 14.6 Å². The summed E-state index contributed by atoms with van der Waals surface area (Å²) in [6.45, 7) is 9.00. The number of Topliss-reactive ketones (excluding diaryl/α,β-unsaturated/α-hetero) is 1. The quantitative estimate of drug-likeness (QED) is 0.702. The number of rotatable bonds is 0. The molecule has 0 unspecified atom stereocenters. The number of ether oxygens (including phenoxy) is 1. The van der Waals surface area contributed by atoms with Crippen LogP contribution in [0.2, 0.25) is 0 Å². The zero-order chi connectivity index (χ0) is 18.5. The van der Waals surface area contributed by atoms with E-state index in [-0.39, 0.29) is 34.0 Å². The van der Waals surface area contributed by atoms with Gasteiger partial charge in [0.15, 0.2) is 0 Å². The van der Waals surface area contributed by atoms with Crippen LogP contribution in [0.1, 0.15) is 76.3 Å². The van der Waals surface area contributed by atoms with Crippen molar-refractivity contribution >= 4 is 5.78 Å². The summed E-state index contributed by atoms with van der Waals surface area (Å²) in [5, 5.41) is 10.7. The van der Waals surface area contributed by atoms with Crippen LogP contribution in [0.4, 0.5) is 0 Å². The Morgan fingerprint density at radius 3 is 2.69 bits per heavy atom. The van der Waals surface area contributed by atoms with Gasteiger partial charge in [-0.3, -0.25) is 4.79 Å². The third kappa shape index (κ3) is 1.87. The van der Waals surface area contributed by atoms with Gasteiger partial charge in [-0.05, 0) is 74.0 Å². The molecule has 3 heteroatoms. The molecule has 0 saturated heterocycles. The Labute approximate surface area is 156 Å². The molecule has 0 aromatic heterocycles. The van der Waals surface area contributed by atoms with E-state index in [1.165, 1.54) is 12.8 Å². The second-order valence-corrected chi connectivity index (χ2v) is 10.4. The minimum absolute atomic E-state index is 0.0471. The number of benzene rings is 1. The lowest BCUT2D eigenvalue weighted by atomic mass is 9.44. The highest BCUT2D eigenvalue weighted by Gasteiger charge is 2.70. The van der Waals surface area contributed by atoms with Gasteiger partial charge in [0.25, 0.3) is 0 Å². The van der Waals surface area contributed by atoms with Crippen LogP contribution in [0.5, 0.6) is 11.5 Å². The van der Waals surface area contributed by atoms with Crippen LogP contribution < -0.4 is 4.74 Å². The van der Waals surface area contributed by atoms with Gasteiger partial charge in [-0.2, -0.15) is 0 Å². The fourth-order valence-corrected chi connectivity index (χ4v) is 7.71. The van der Waals surface area contributed by atoms with Gasteiger partial charge in [-0.1, -0.05) is 20.3 Å². The van der Waals surface area contributed by atoms with Crippen molar-refractivity contribution in [3.05, 3.63) is 23.3 Å². The molecule has 140 valence electrons. The minimum Gasteiger partial charge on any atom is -0.507 e. The number of aryl methyl sites for hydroxylation is 1. The molecule has 3 saturated carbocycles. The second-order valence-electron chi connectivity index (χ2n) is 10.4. The summed E-state index contributed by atoms with van der Waals surface area (Å²) in [5.41, 5.74) is 1.78. The number of carbonyl (C=O) groups is 1. The van der Waals surface area contributed by atoms with E-state index in [0.717, 1.165) is 36.1 Å². The van der Waals surface area contributed by atoms with Gasteiger partial charge >= 0.3 is 0 Å². The highest BCUT2D eigenvalue weighted by Crippen LogP contribution is 2.72. The van der Waals surface area contributed by atoms with Crippen molar-refractivity contribution in [3.8, 4) is 11.5 Å². The van der Waals surface area contributed by atoms with Crippen molar-refractivity contribution in [2.75, 3.05) is 0 Å². The molecule has 1 aromatic rings. The molecule has 5 atom stereocenters. The number of phenols is 1. The van der Waals surface area contributed by atoms with E-state index < -0.39 is 0 Å². The van der Waals surface area contributed by atoms with Gasteiger partial charge in [-0.25, -0.2) is 0 Å². The fraction of sp³-hybridized carbons (Fsp3) is 0.696. The lowest BCUT2D eigenvalue weighted by Gasteiger charge is -2.62. The maximum absolute atomic E-state index is 13.4. The van der Waals surface area contributed by atoms with Crippen LogP contribution in [-0.4, -0.2) is 16.5 Å². The van der Waals surface area contributed by atoms with Gasteiger partial charge in [0.05, 0.1) is 5.92 Å². The molecule has 1 aromatic carbocycles. The average Bonchev–Trinajstić information content (AvgIpc) is 2.79. The molecule has 1 N–H and O–H groups in total. The lowest BCUT2D eigenvalue weighted by molar-refractivity contribution is -0.160. The first-order valence-electron chi connectivity index (χ1n) is 10.2. The predicted octanol–water partition coefficient (Wildman–Crippen LogP) is 5.13. The molecule has 3 fully saturated rings. The number of ketones is 1. The van der Waals surface area contributed by atoms with Gasteiger partial charge in [-0.15, -0.1) is 0 Å². The third-order valence-corrected chi connectivity index (χ3v) is 8.41. The molecule has 1 spiro atoms. The molecule has 1 aliphatic heterocycles. The first kappa shape index (κ1) is 16.6. The summed E-state index contributed by atoms with van der Waals surface area (Å²) in [4.78, 5) is 13.4. The third-order valence-electron chi connectivity index (χ3n) is 8.41. The average molecular weight is 354 g/mol. The highest BCUT2D eigenvalue weighted by atomic mass is 16.5. The molecular formula is C23H30O3. The largest absolute Gasteiger partial charge is 0.507 e. The number of hydrogen-bond acceptors (Lipinski definition) is 3. The van der Waals surface area contributed by atoms with Gasteiger partial charge < -0.3 is 9.84 Å². The Kier molecular flexibility index (Phi) is 3.11. The van der Waals surface area contributed by atoms with Crippen molar-refractivity contribution in [1.29, 1.82) is 0 Å². The van der Waals surface area contributed by atoms with E-state index >= 15 is 0 Å². The molecule has 3 nitrogen and oxygen atoms in total. The van der Waals surface area contributed by atoms with Crippen LogP contribution in [0.15, 0.2) is 12.1 Å². The molecule has 26 heavy (non-hydrogen) atoms. The number of carbonyl (C=O) groups excluding carboxylic acids is 1. The van der Waals surface area contributed by atoms with E-state index in [2.05, 4.69) is 20.8 Å². The first-order valence-corrected chi connectivity index (χ1v) is 10.2. The van der Waals surface area contributed by atoms with E-state index in [9.17, 15) is 9.90 Å². The summed E-state index contributed by atoms with van der Waals surface area (Å²) < 4.78 is 6.61. The second kappa shape index (κ2) is 4.85. The summed E-state index contributed by atoms with van der Waals surface area (Å²) in [6.07, 6.45) is 6.40. The fourth-order valence-electron chi connectivity index (χ4n) is 7.71. The minimum atomic E-state index is -0.298. The normalized spacial score (nSPS) is 42.5. The van der Waals surface area contributed by atoms with E-state index in [0.29, 0.717) is 18.1 Å². The SMILES string of the molecule is Cc1cc(O)c2c(c1)O[C@@]1(C)CC[C@H]3C(C)(C)CCC[C@]34CC(=O)[C@@H]2[C@H]41. The van der Waals surface area contributed by atoms with Crippen LogP contribution in [0.3, 0.4) is 0 Å². The van der Waals surface area contributed by atoms with Crippen LogP contribution >= 0.6 is 0 Å². The summed E-state index contributed by atoms with van der Waals surface area (Å²) in [7, 11) is 0. The standard InChI is InChI=1S/C23H30O3/c1-13-10-14(24)18-16(11-13)26-22(4)9-6-17-21(2,3)7-5-8-23(17)12-15(25)19(18)20(22)23/h10-11,17,19-20,24H,5-9,12H2,1-4H3/t17-,19-,20-,22-,23-/m0/s1. The predicted molar refractivity (Wildman–Crippen MR) is 101 cm³/mol. The molecule has 4 aliphatic rings. The molecule has 3 aliphatic carbocycles. The summed E-state index contributed by atoms with van der Waals surface area (Å²) >= 11 is 0. The van der Waals surface area contributed by atoms with Crippen molar-refractivity contribution in [1.82, 2.24) is 0 Å². The topological polar surface area (TPSA) is 46.5 Å².